The number of hydrogen-bond donors (Lipinski definition) is 2. The van der Waals surface area contributed by atoms with Gasteiger partial charge in [0.2, 0.25) is 5.91 Å². The second-order valence-corrected chi connectivity index (χ2v) is 7.48. The summed E-state index contributed by atoms with van der Waals surface area (Å²) in [5, 5.41) is 5.80. The van der Waals surface area contributed by atoms with Gasteiger partial charge in [0.1, 0.15) is 11.5 Å². The molecule has 2 N–H and O–H groups in total. The molecule has 0 unspecified atom stereocenters. The highest BCUT2D eigenvalue weighted by molar-refractivity contribution is 6.11. The van der Waals surface area contributed by atoms with Crippen molar-refractivity contribution in [1.29, 1.82) is 0 Å². The van der Waals surface area contributed by atoms with E-state index in [-0.39, 0.29) is 22.5 Å². The average Bonchev–Trinajstić information content (AvgIpc) is 2.81. The third-order valence-corrected chi connectivity index (χ3v) is 5.19. The standard InChI is InChI=1S/C26H22N2O5/c1-15-23(30)19-10-7-11-20(25(19)33-24(15)17-8-5-4-6-9-17)26(31)28-18-12-13-22(32-3)21(14-18)27-16(2)29/h4-14H,1-3H3,(H,27,29)(H,28,31). The zero-order valence-corrected chi connectivity index (χ0v) is 18.4. The van der Waals surface area contributed by atoms with Crippen LogP contribution in [-0.4, -0.2) is 18.9 Å². The minimum absolute atomic E-state index is 0.192. The molecule has 7 heteroatoms. The molecule has 166 valence electrons. The molecule has 3 aromatic carbocycles. The van der Waals surface area contributed by atoms with E-state index in [0.29, 0.717) is 33.8 Å². The summed E-state index contributed by atoms with van der Waals surface area (Å²) in [5.41, 5.74) is 2.33. The highest BCUT2D eigenvalue weighted by Gasteiger charge is 2.19. The van der Waals surface area contributed by atoms with Gasteiger partial charge in [-0.2, -0.15) is 0 Å². The van der Waals surface area contributed by atoms with Crippen molar-refractivity contribution in [3.05, 3.63) is 88.1 Å². The zero-order valence-electron chi connectivity index (χ0n) is 18.4. The Labute approximate surface area is 190 Å². The Morgan fingerprint density at radius 1 is 0.939 bits per heavy atom. The normalized spacial score (nSPS) is 10.6. The lowest BCUT2D eigenvalue weighted by Crippen LogP contribution is -2.15. The second-order valence-electron chi connectivity index (χ2n) is 7.48. The minimum Gasteiger partial charge on any atom is -0.495 e. The first-order chi connectivity index (χ1) is 15.9. The molecule has 0 saturated heterocycles. The number of ether oxygens (including phenoxy) is 1. The molecule has 2 amide bonds. The maximum absolute atomic E-state index is 13.2. The highest BCUT2D eigenvalue weighted by Crippen LogP contribution is 2.30. The summed E-state index contributed by atoms with van der Waals surface area (Å²) >= 11 is 0. The van der Waals surface area contributed by atoms with Gasteiger partial charge >= 0.3 is 0 Å². The van der Waals surface area contributed by atoms with E-state index < -0.39 is 5.91 Å². The number of methoxy groups -OCH3 is 1. The van der Waals surface area contributed by atoms with Gasteiger partial charge in [-0.25, -0.2) is 0 Å². The molecule has 1 aromatic heterocycles. The Kier molecular flexibility index (Phi) is 5.95. The molecule has 0 radical (unpaired) electrons. The van der Waals surface area contributed by atoms with E-state index in [1.807, 2.05) is 30.3 Å². The van der Waals surface area contributed by atoms with Gasteiger partial charge in [-0.1, -0.05) is 36.4 Å². The first kappa shape index (κ1) is 21.8. The van der Waals surface area contributed by atoms with Gasteiger partial charge in [0.15, 0.2) is 11.0 Å². The van der Waals surface area contributed by atoms with E-state index in [1.165, 1.54) is 14.0 Å². The fraction of sp³-hybridized carbons (Fsp3) is 0.115. The Morgan fingerprint density at radius 2 is 1.70 bits per heavy atom. The van der Waals surface area contributed by atoms with Gasteiger partial charge in [-0.15, -0.1) is 0 Å². The van der Waals surface area contributed by atoms with Gasteiger partial charge in [-0.3, -0.25) is 14.4 Å². The van der Waals surface area contributed by atoms with Crippen molar-refractivity contribution in [2.24, 2.45) is 0 Å². The van der Waals surface area contributed by atoms with E-state index in [9.17, 15) is 14.4 Å². The number of benzene rings is 3. The SMILES string of the molecule is COc1ccc(NC(=O)c2cccc3c(=O)c(C)c(-c4ccccc4)oc23)cc1NC(C)=O. The largest absolute Gasteiger partial charge is 0.495 e. The summed E-state index contributed by atoms with van der Waals surface area (Å²) in [6, 6.07) is 19.1. The summed E-state index contributed by atoms with van der Waals surface area (Å²) < 4.78 is 11.4. The van der Waals surface area contributed by atoms with Crippen molar-refractivity contribution < 1.29 is 18.7 Å². The number of anilines is 2. The number of hydrogen-bond acceptors (Lipinski definition) is 5. The molecule has 0 fully saturated rings. The molecule has 0 saturated carbocycles. The van der Waals surface area contributed by atoms with Crippen molar-refractivity contribution in [3.8, 4) is 17.1 Å². The van der Waals surface area contributed by atoms with Gasteiger partial charge in [0, 0.05) is 23.7 Å². The molecule has 4 aromatic rings. The van der Waals surface area contributed by atoms with Crippen molar-refractivity contribution in [1.82, 2.24) is 0 Å². The molecule has 4 rings (SSSR count). The monoisotopic (exact) mass is 442 g/mol. The van der Waals surface area contributed by atoms with E-state index in [2.05, 4.69) is 10.6 Å². The predicted molar refractivity (Wildman–Crippen MR) is 128 cm³/mol. The molecule has 0 spiro atoms. The van der Waals surface area contributed by atoms with Crippen LogP contribution in [0.25, 0.3) is 22.3 Å². The van der Waals surface area contributed by atoms with Crippen LogP contribution in [0.1, 0.15) is 22.8 Å². The number of carbonyl (C=O) groups is 2. The first-order valence-electron chi connectivity index (χ1n) is 10.3. The zero-order chi connectivity index (χ0) is 23.5. The lowest BCUT2D eigenvalue weighted by molar-refractivity contribution is -0.114. The predicted octanol–water partition coefficient (Wildman–Crippen LogP) is 4.99. The van der Waals surface area contributed by atoms with Gasteiger partial charge in [0.05, 0.1) is 23.7 Å². The van der Waals surface area contributed by atoms with Crippen LogP contribution in [0.4, 0.5) is 11.4 Å². The number of rotatable bonds is 5. The Morgan fingerprint density at radius 3 is 2.39 bits per heavy atom. The minimum atomic E-state index is -0.453. The number of carbonyl (C=O) groups excluding carboxylic acids is 2. The number of fused-ring (bicyclic) bond motifs is 1. The first-order valence-corrected chi connectivity index (χ1v) is 10.3. The molecular formula is C26H22N2O5. The van der Waals surface area contributed by atoms with Crippen LogP contribution in [0, 0.1) is 6.92 Å². The van der Waals surface area contributed by atoms with Gasteiger partial charge < -0.3 is 19.8 Å². The number of nitrogens with one attached hydrogen (secondary N) is 2. The van der Waals surface area contributed by atoms with Crippen molar-refractivity contribution >= 4 is 34.2 Å². The van der Waals surface area contributed by atoms with E-state index in [4.69, 9.17) is 9.15 Å². The molecule has 0 atom stereocenters. The van der Waals surface area contributed by atoms with Crippen molar-refractivity contribution in [2.45, 2.75) is 13.8 Å². The summed E-state index contributed by atoms with van der Waals surface area (Å²) in [7, 11) is 1.49. The number of amides is 2. The fourth-order valence-corrected chi connectivity index (χ4v) is 3.62. The van der Waals surface area contributed by atoms with Crippen molar-refractivity contribution in [2.75, 3.05) is 17.7 Å². The number of para-hydroxylation sites is 1. The van der Waals surface area contributed by atoms with E-state index >= 15 is 0 Å². The van der Waals surface area contributed by atoms with Crippen LogP contribution in [0.3, 0.4) is 0 Å². The molecule has 0 aliphatic heterocycles. The Hall–Kier alpha value is -4.39. The average molecular weight is 442 g/mol. The van der Waals surface area contributed by atoms with Crippen LogP contribution in [0.15, 0.2) is 75.9 Å². The summed E-state index contributed by atoms with van der Waals surface area (Å²) in [6.07, 6.45) is 0. The fourth-order valence-electron chi connectivity index (χ4n) is 3.62. The highest BCUT2D eigenvalue weighted by atomic mass is 16.5. The van der Waals surface area contributed by atoms with Crippen LogP contribution in [0.5, 0.6) is 5.75 Å². The van der Waals surface area contributed by atoms with Crippen LogP contribution >= 0.6 is 0 Å². The summed E-state index contributed by atoms with van der Waals surface area (Å²) in [4.78, 5) is 37.7. The molecule has 1 heterocycles. The summed E-state index contributed by atoms with van der Waals surface area (Å²) in [6.45, 7) is 3.09. The molecule has 7 nitrogen and oxygen atoms in total. The Balaban J connectivity index is 1.77. The lowest BCUT2D eigenvalue weighted by atomic mass is 10.0. The maximum atomic E-state index is 13.2. The smallest absolute Gasteiger partial charge is 0.259 e. The topological polar surface area (TPSA) is 97.6 Å². The summed E-state index contributed by atoms with van der Waals surface area (Å²) in [5.74, 6) is 0.162. The third-order valence-electron chi connectivity index (χ3n) is 5.19. The van der Waals surface area contributed by atoms with Gasteiger partial charge in [0.25, 0.3) is 5.91 Å². The Bertz CT molecular complexity index is 1420. The van der Waals surface area contributed by atoms with Gasteiger partial charge in [-0.05, 0) is 37.3 Å². The molecule has 33 heavy (non-hydrogen) atoms. The van der Waals surface area contributed by atoms with Crippen molar-refractivity contribution in [3.63, 3.8) is 0 Å². The quantitative estimate of drug-likeness (QED) is 0.454. The molecule has 0 bridgehead atoms. The molecular weight excluding hydrogens is 420 g/mol. The molecule has 0 aliphatic rings. The second kappa shape index (κ2) is 9.00. The maximum Gasteiger partial charge on any atom is 0.259 e. The van der Waals surface area contributed by atoms with E-state index in [0.717, 1.165) is 5.56 Å². The van der Waals surface area contributed by atoms with E-state index in [1.54, 1.807) is 43.3 Å². The third kappa shape index (κ3) is 4.34. The lowest BCUT2D eigenvalue weighted by Gasteiger charge is -2.13. The van der Waals surface area contributed by atoms with Crippen LogP contribution < -0.4 is 20.8 Å². The van der Waals surface area contributed by atoms with Crippen LogP contribution in [-0.2, 0) is 4.79 Å². The molecule has 0 aliphatic carbocycles. The van der Waals surface area contributed by atoms with Crippen LogP contribution in [0.2, 0.25) is 0 Å².